The summed E-state index contributed by atoms with van der Waals surface area (Å²) in [6.45, 7) is -0.277. The molecule has 0 aliphatic heterocycles. The second kappa shape index (κ2) is 6.39. The van der Waals surface area contributed by atoms with E-state index in [1.807, 2.05) is 0 Å². The molecule has 0 aromatic heterocycles. The third-order valence-corrected chi connectivity index (χ3v) is 1.85. The maximum absolute atomic E-state index is 11.0. The monoisotopic (exact) mass is 237 g/mol. The van der Waals surface area contributed by atoms with E-state index in [2.05, 4.69) is 4.74 Å². The first kappa shape index (κ1) is 12.9. The fraction of sp³-hybridized carbons (Fsp3) is 0.182. The number of nitro benzene ring substituents is 1. The zero-order chi connectivity index (χ0) is 12.7. The van der Waals surface area contributed by atoms with Gasteiger partial charge < -0.3 is 9.84 Å². The molecule has 0 radical (unpaired) electrons. The molecule has 90 valence electrons. The smallest absolute Gasteiger partial charge is 0.330 e. The molecule has 0 aliphatic carbocycles. The SMILES string of the molecule is O=C(/C=C/c1ccc([N+](=O)[O-])cc1)OCCO. The minimum atomic E-state index is -0.572. The Balaban J connectivity index is 2.59. The van der Waals surface area contributed by atoms with E-state index < -0.39 is 10.9 Å². The fourth-order valence-electron chi connectivity index (χ4n) is 1.07. The Morgan fingerprint density at radius 3 is 2.59 bits per heavy atom. The highest BCUT2D eigenvalue weighted by atomic mass is 16.6. The summed E-state index contributed by atoms with van der Waals surface area (Å²) in [6, 6.07) is 5.74. The highest BCUT2D eigenvalue weighted by Gasteiger charge is 2.02. The summed E-state index contributed by atoms with van der Waals surface area (Å²) in [7, 11) is 0. The Labute approximate surface area is 97.3 Å². The van der Waals surface area contributed by atoms with Gasteiger partial charge in [0.05, 0.1) is 11.5 Å². The molecule has 17 heavy (non-hydrogen) atoms. The number of ether oxygens (including phenoxy) is 1. The van der Waals surface area contributed by atoms with Gasteiger partial charge in [0.25, 0.3) is 5.69 Å². The minimum absolute atomic E-state index is 0.00925. The molecule has 0 bridgehead atoms. The molecule has 0 unspecified atom stereocenters. The summed E-state index contributed by atoms with van der Waals surface area (Å²) in [6.07, 6.45) is 2.67. The van der Waals surface area contributed by atoms with Crippen LogP contribution in [0, 0.1) is 10.1 Å². The third-order valence-electron chi connectivity index (χ3n) is 1.85. The van der Waals surface area contributed by atoms with Crippen molar-refractivity contribution in [1.82, 2.24) is 0 Å². The van der Waals surface area contributed by atoms with Gasteiger partial charge in [-0.3, -0.25) is 10.1 Å². The number of nitrogens with zero attached hydrogens (tertiary/aromatic N) is 1. The number of hydrogen-bond donors (Lipinski definition) is 1. The second-order valence-electron chi connectivity index (χ2n) is 3.07. The lowest BCUT2D eigenvalue weighted by molar-refractivity contribution is -0.384. The Morgan fingerprint density at radius 2 is 2.06 bits per heavy atom. The van der Waals surface area contributed by atoms with Crippen LogP contribution in [0.25, 0.3) is 6.08 Å². The van der Waals surface area contributed by atoms with Crippen LogP contribution >= 0.6 is 0 Å². The van der Waals surface area contributed by atoms with Crippen molar-refractivity contribution in [3.05, 3.63) is 46.0 Å². The van der Waals surface area contributed by atoms with Crippen molar-refractivity contribution in [2.45, 2.75) is 0 Å². The summed E-state index contributed by atoms with van der Waals surface area (Å²) in [5, 5.41) is 18.8. The highest BCUT2D eigenvalue weighted by molar-refractivity contribution is 5.87. The van der Waals surface area contributed by atoms with E-state index >= 15 is 0 Å². The molecule has 0 heterocycles. The van der Waals surface area contributed by atoms with Crippen LogP contribution in [0.2, 0.25) is 0 Å². The van der Waals surface area contributed by atoms with E-state index in [0.29, 0.717) is 5.56 Å². The van der Waals surface area contributed by atoms with E-state index in [-0.39, 0.29) is 18.9 Å². The van der Waals surface area contributed by atoms with Crippen LogP contribution in [0.4, 0.5) is 5.69 Å². The number of non-ortho nitro benzene ring substituents is 1. The zero-order valence-corrected chi connectivity index (χ0v) is 8.91. The van der Waals surface area contributed by atoms with E-state index in [1.165, 1.54) is 36.4 Å². The lowest BCUT2D eigenvalue weighted by atomic mass is 10.2. The number of aliphatic hydroxyl groups is 1. The average molecular weight is 237 g/mol. The molecule has 0 amide bonds. The first-order valence-corrected chi connectivity index (χ1v) is 4.83. The van der Waals surface area contributed by atoms with Crippen LogP contribution in [0.1, 0.15) is 5.56 Å². The molecule has 1 rings (SSSR count). The first-order valence-electron chi connectivity index (χ1n) is 4.83. The van der Waals surface area contributed by atoms with Gasteiger partial charge in [-0.1, -0.05) is 0 Å². The number of esters is 1. The van der Waals surface area contributed by atoms with Crippen LogP contribution in [0.3, 0.4) is 0 Å². The number of hydrogen-bond acceptors (Lipinski definition) is 5. The summed E-state index contributed by atoms with van der Waals surface area (Å²) in [4.78, 5) is 20.9. The molecular formula is C11H11NO5. The minimum Gasteiger partial charge on any atom is -0.460 e. The summed E-state index contributed by atoms with van der Waals surface area (Å²) in [5.74, 6) is -0.572. The maximum atomic E-state index is 11.0. The summed E-state index contributed by atoms with van der Waals surface area (Å²) >= 11 is 0. The lowest BCUT2D eigenvalue weighted by Crippen LogP contribution is -2.04. The quantitative estimate of drug-likeness (QED) is 0.359. The Morgan fingerprint density at radius 1 is 1.41 bits per heavy atom. The predicted molar refractivity (Wildman–Crippen MR) is 60.2 cm³/mol. The Bertz CT molecular complexity index is 424. The highest BCUT2D eigenvalue weighted by Crippen LogP contribution is 2.12. The number of nitro groups is 1. The number of carbonyl (C=O) groups excluding carboxylic acids is 1. The number of rotatable bonds is 5. The van der Waals surface area contributed by atoms with Crippen molar-refractivity contribution in [3.63, 3.8) is 0 Å². The molecule has 0 saturated heterocycles. The van der Waals surface area contributed by atoms with E-state index in [4.69, 9.17) is 5.11 Å². The second-order valence-corrected chi connectivity index (χ2v) is 3.07. The lowest BCUT2D eigenvalue weighted by Gasteiger charge is -1.97. The van der Waals surface area contributed by atoms with Crippen LogP contribution in [0.15, 0.2) is 30.3 Å². The first-order chi connectivity index (χ1) is 8.13. The summed E-state index contributed by atoms with van der Waals surface area (Å²) < 4.78 is 4.59. The topological polar surface area (TPSA) is 89.7 Å². The molecule has 0 aliphatic rings. The van der Waals surface area contributed by atoms with Crippen LogP contribution in [0.5, 0.6) is 0 Å². The van der Waals surface area contributed by atoms with Gasteiger partial charge in [0.1, 0.15) is 6.61 Å². The average Bonchev–Trinajstić information content (AvgIpc) is 2.34. The van der Waals surface area contributed by atoms with Crippen molar-refractivity contribution in [2.24, 2.45) is 0 Å². The van der Waals surface area contributed by atoms with Gasteiger partial charge in [-0.25, -0.2) is 4.79 Å². The van der Waals surface area contributed by atoms with E-state index in [1.54, 1.807) is 0 Å². The van der Waals surface area contributed by atoms with Gasteiger partial charge in [-0.15, -0.1) is 0 Å². The molecule has 6 heteroatoms. The van der Waals surface area contributed by atoms with Gasteiger partial charge in [0.15, 0.2) is 0 Å². The number of carbonyl (C=O) groups is 1. The molecular weight excluding hydrogens is 226 g/mol. The zero-order valence-electron chi connectivity index (χ0n) is 8.91. The molecule has 6 nitrogen and oxygen atoms in total. The van der Waals surface area contributed by atoms with Crippen molar-refractivity contribution in [2.75, 3.05) is 13.2 Å². The number of benzene rings is 1. The number of aliphatic hydroxyl groups excluding tert-OH is 1. The van der Waals surface area contributed by atoms with Gasteiger partial charge in [-0.2, -0.15) is 0 Å². The van der Waals surface area contributed by atoms with Crippen LogP contribution in [-0.4, -0.2) is 29.2 Å². The van der Waals surface area contributed by atoms with E-state index in [0.717, 1.165) is 0 Å². The summed E-state index contributed by atoms with van der Waals surface area (Å²) in [5.41, 5.74) is 0.640. The van der Waals surface area contributed by atoms with Crippen LogP contribution < -0.4 is 0 Å². The van der Waals surface area contributed by atoms with Gasteiger partial charge in [0.2, 0.25) is 0 Å². The van der Waals surface area contributed by atoms with Crippen molar-refractivity contribution in [1.29, 1.82) is 0 Å². The largest absolute Gasteiger partial charge is 0.460 e. The van der Waals surface area contributed by atoms with Gasteiger partial charge in [0, 0.05) is 18.2 Å². The molecule has 1 aromatic rings. The van der Waals surface area contributed by atoms with Crippen molar-refractivity contribution >= 4 is 17.7 Å². The molecule has 1 aromatic carbocycles. The molecule has 0 spiro atoms. The van der Waals surface area contributed by atoms with Gasteiger partial charge in [-0.05, 0) is 23.8 Å². The Kier molecular flexibility index (Phi) is 4.83. The Hall–Kier alpha value is -2.21. The third kappa shape index (κ3) is 4.43. The molecule has 0 atom stereocenters. The standard InChI is InChI=1S/C11H11NO5/c13-7-8-17-11(14)6-3-9-1-4-10(5-2-9)12(15)16/h1-6,13H,7-8H2/b6-3+. The molecule has 1 N–H and O–H groups in total. The maximum Gasteiger partial charge on any atom is 0.330 e. The van der Waals surface area contributed by atoms with Crippen molar-refractivity contribution < 1.29 is 19.6 Å². The predicted octanol–water partition coefficient (Wildman–Crippen LogP) is 1.14. The van der Waals surface area contributed by atoms with Gasteiger partial charge >= 0.3 is 5.97 Å². The normalized spacial score (nSPS) is 10.4. The van der Waals surface area contributed by atoms with E-state index in [9.17, 15) is 14.9 Å². The molecule has 0 saturated carbocycles. The van der Waals surface area contributed by atoms with Crippen molar-refractivity contribution in [3.8, 4) is 0 Å². The van der Waals surface area contributed by atoms with Crippen LogP contribution in [-0.2, 0) is 9.53 Å². The molecule has 0 fully saturated rings. The fourth-order valence-corrected chi connectivity index (χ4v) is 1.07.